The zero-order valence-electron chi connectivity index (χ0n) is 9.80. The fourth-order valence-corrected chi connectivity index (χ4v) is 2.80. The SMILES string of the molecule is NNc1ccc(S(=O)(=O)Nc2ccccc2Cl)cc1. The lowest BCUT2D eigenvalue weighted by atomic mass is 10.3. The lowest BCUT2D eigenvalue weighted by molar-refractivity contribution is 0.601. The molecule has 0 aliphatic heterocycles. The summed E-state index contributed by atoms with van der Waals surface area (Å²) >= 11 is 5.91. The highest BCUT2D eigenvalue weighted by Gasteiger charge is 2.15. The van der Waals surface area contributed by atoms with Gasteiger partial charge in [0.05, 0.1) is 15.6 Å². The molecule has 0 aliphatic rings. The third kappa shape index (κ3) is 3.17. The molecule has 2 rings (SSSR count). The Balaban J connectivity index is 2.30. The molecule has 0 aliphatic carbocycles. The highest BCUT2D eigenvalue weighted by Crippen LogP contribution is 2.24. The van der Waals surface area contributed by atoms with Crippen LogP contribution in [0.25, 0.3) is 0 Å². The van der Waals surface area contributed by atoms with E-state index in [1.54, 1.807) is 36.4 Å². The number of para-hydroxylation sites is 1. The van der Waals surface area contributed by atoms with Gasteiger partial charge >= 0.3 is 0 Å². The molecule has 0 saturated carbocycles. The Morgan fingerprint density at radius 1 is 1.00 bits per heavy atom. The predicted octanol–water partition coefficient (Wildman–Crippen LogP) is 2.43. The maximum absolute atomic E-state index is 12.1. The Hall–Kier alpha value is -1.76. The van der Waals surface area contributed by atoms with E-state index >= 15 is 0 Å². The number of benzene rings is 2. The fourth-order valence-electron chi connectivity index (χ4n) is 1.48. The van der Waals surface area contributed by atoms with E-state index in [1.807, 2.05) is 0 Å². The first-order valence-electron chi connectivity index (χ1n) is 5.37. The molecule has 0 atom stereocenters. The molecule has 4 N–H and O–H groups in total. The number of sulfonamides is 1. The molecule has 0 fully saturated rings. The van der Waals surface area contributed by atoms with Gasteiger partial charge in [0.1, 0.15) is 0 Å². The van der Waals surface area contributed by atoms with Crippen LogP contribution < -0.4 is 16.0 Å². The Morgan fingerprint density at radius 3 is 2.21 bits per heavy atom. The van der Waals surface area contributed by atoms with Gasteiger partial charge in [0, 0.05) is 5.69 Å². The van der Waals surface area contributed by atoms with E-state index in [2.05, 4.69) is 10.1 Å². The molecule has 0 bridgehead atoms. The summed E-state index contributed by atoms with van der Waals surface area (Å²) < 4.78 is 26.7. The van der Waals surface area contributed by atoms with E-state index in [4.69, 9.17) is 17.4 Å². The predicted molar refractivity (Wildman–Crippen MR) is 76.5 cm³/mol. The van der Waals surface area contributed by atoms with Crippen molar-refractivity contribution in [3.63, 3.8) is 0 Å². The average Bonchev–Trinajstić information content (AvgIpc) is 2.41. The molecule has 19 heavy (non-hydrogen) atoms. The second-order valence-corrected chi connectivity index (χ2v) is 5.84. The van der Waals surface area contributed by atoms with Crippen LogP contribution in [0.4, 0.5) is 11.4 Å². The maximum atomic E-state index is 12.1. The topological polar surface area (TPSA) is 84.2 Å². The van der Waals surface area contributed by atoms with Crippen molar-refractivity contribution in [1.82, 2.24) is 0 Å². The summed E-state index contributed by atoms with van der Waals surface area (Å²) in [6.07, 6.45) is 0. The summed E-state index contributed by atoms with van der Waals surface area (Å²) in [5, 5.41) is 0.339. The fraction of sp³-hybridized carbons (Fsp3) is 0. The third-order valence-corrected chi connectivity index (χ3v) is 4.16. The number of nitrogen functional groups attached to an aromatic ring is 1. The van der Waals surface area contributed by atoms with E-state index in [9.17, 15) is 8.42 Å². The molecule has 0 aromatic heterocycles. The van der Waals surface area contributed by atoms with Crippen molar-refractivity contribution in [3.8, 4) is 0 Å². The number of nitrogens with one attached hydrogen (secondary N) is 2. The van der Waals surface area contributed by atoms with Crippen LogP contribution in [-0.2, 0) is 10.0 Å². The van der Waals surface area contributed by atoms with E-state index in [1.165, 1.54) is 12.1 Å². The first kappa shape index (κ1) is 13.7. The smallest absolute Gasteiger partial charge is 0.261 e. The van der Waals surface area contributed by atoms with Crippen molar-refractivity contribution in [3.05, 3.63) is 53.6 Å². The summed E-state index contributed by atoms with van der Waals surface area (Å²) in [6.45, 7) is 0. The van der Waals surface area contributed by atoms with E-state index in [-0.39, 0.29) is 4.90 Å². The monoisotopic (exact) mass is 297 g/mol. The number of nitrogens with two attached hydrogens (primary N) is 1. The lowest BCUT2D eigenvalue weighted by Gasteiger charge is -2.09. The van der Waals surface area contributed by atoms with Crippen molar-refractivity contribution in [2.24, 2.45) is 5.84 Å². The molecule has 0 amide bonds. The van der Waals surface area contributed by atoms with E-state index in [0.29, 0.717) is 16.4 Å². The lowest BCUT2D eigenvalue weighted by Crippen LogP contribution is -2.13. The first-order valence-corrected chi connectivity index (χ1v) is 7.23. The Labute approximate surface area is 116 Å². The number of rotatable bonds is 4. The molecule has 0 radical (unpaired) electrons. The van der Waals surface area contributed by atoms with Gasteiger partial charge in [-0.05, 0) is 36.4 Å². The van der Waals surface area contributed by atoms with Crippen LogP contribution in [0, 0.1) is 0 Å². The number of halogens is 1. The number of hydrogen-bond acceptors (Lipinski definition) is 4. The number of hydrogen-bond donors (Lipinski definition) is 3. The van der Waals surface area contributed by atoms with Gasteiger partial charge < -0.3 is 5.43 Å². The van der Waals surface area contributed by atoms with Gasteiger partial charge in [-0.25, -0.2) is 8.42 Å². The number of hydrazine groups is 1. The Bertz CT molecular complexity index is 672. The van der Waals surface area contributed by atoms with Crippen LogP contribution >= 0.6 is 11.6 Å². The van der Waals surface area contributed by atoms with Crippen molar-refractivity contribution in [1.29, 1.82) is 0 Å². The van der Waals surface area contributed by atoms with Crippen molar-refractivity contribution >= 4 is 33.0 Å². The van der Waals surface area contributed by atoms with Crippen LogP contribution in [0.2, 0.25) is 5.02 Å². The second-order valence-electron chi connectivity index (χ2n) is 3.75. The van der Waals surface area contributed by atoms with E-state index in [0.717, 1.165) is 0 Å². The van der Waals surface area contributed by atoms with Gasteiger partial charge in [-0.1, -0.05) is 23.7 Å². The zero-order valence-corrected chi connectivity index (χ0v) is 11.4. The Morgan fingerprint density at radius 2 is 1.63 bits per heavy atom. The second kappa shape index (κ2) is 5.48. The molecule has 0 saturated heterocycles. The zero-order chi connectivity index (χ0) is 13.9. The Kier molecular flexibility index (Phi) is 3.94. The van der Waals surface area contributed by atoms with Crippen molar-refractivity contribution in [2.75, 3.05) is 10.1 Å². The largest absolute Gasteiger partial charge is 0.324 e. The molecule has 0 spiro atoms. The molecular weight excluding hydrogens is 286 g/mol. The minimum absolute atomic E-state index is 0.131. The van der Waals surface area contributed by atoms with Gasteiger partial charge in [0.2, 0.25) is 0 Å². The van der Waals surface area contributed by atoms with E-state index < -0.39 is 10.0 Å². The van der Waals surface area contributed by atoms with Crippen LogP contribution in [-0.4, -0.2) is 8.42 Å². The quantitative estimate of drug-likeness (QED) is 0.598. The summed E-state index contributed by atoms with van der Waals surface area (Å²) in [7, 11) is -3.66. The molecule has 0 unspecified atom stereocenters. The summed E-state index contributed by atoms with van der Waals surface area (Å²) in [5.41, 5.74) is 3.39. The van der Waals surface area contributed by atoms with Crippen LogP contribution in [0.3, 0.4) is 0 Å². The molecule has 0 heterocycles. The van der Waals surface area contributed by atoms with Crippen molar-refractivity contribution in [2.45, 2.75) is 4.90 Å². The van der Waals surface area contributed by atoms with Gasteiger partial charge in [0.15, 0.2) is 0 Å². The summed E-state index contributed by atoms with van der Waals surface area (Å²) in [5.74, 6) is 5.22. The molecule has 7 heteroatoms. The molecular formula is C12H12ClN3O2S. The molecule has 2 aromatic rings. The highest BCUT2D eigenvalue weighted by atomic mass is 35.5. The van der Waals surface area contributed by atoms with Gasteiger partial charge in [-0.2, -0.15) is 0 Å². The van der Waals surface area contributed by atoms with Crippen LogP contribution in [0.1, 0.15) is 0 Å². The van der Waals surface area contributed by atoms with Crippen LogP contribution in [0.5, 0.6) is 0 Å². The van der Waals surface area contributed by atoms with Gasteiger partial charge in [0.25, 0.3) is 10.0 Å². The molecule has 100 valence electrons. The summed E-state index contributed by atoms with van der Waals surface area (Å²) in [4.78, 5) is 0.131. The van der Waals surface area contributed by atoms with Crippen molar-refractivity contribution < 1.29 is 8.42 Å². The number of anilines is 2. The highest BCUT2D eigenvalue weighted by molar-refractivity contribution is 7.92. The average molecular weight is 298 g/mol. The van der Waals surface area contributed by atoms with Gasteiger partial charge in [-0.3, -0.25) is 10.6 Å². The van der Waals surface area contributed by atoms with Gasteiger partial charge in [-0.15, -0.1) is 0 Å². The maximum Gasteiger partial charge on any atom is 0.261 e. The standard InChI is InChI=1S/C12H12ClN3O2S/c13-11-3-1-2-4-12(11)16-19(17,18)10-7-5-9(15-14)6-8-10/h1-8,15-16H,14H2. The normalized spacial score (nSPS) is 11.1. The summed E-state index contributed by atoms with van der Waals surface area (Å²) in [6, 6.07) is 12.7. The minimum atomic E-state index is -3.66. The molecule has 2 aromatic carbocycles. The van der Waals surface area contributed by atoms with Crippen LogP contribution in [0.15, 0.2) is 53.4 Å². The molecule has 5 nitrogen and oxygen atoms in total. The first-order chi connectivity index (χ1) is 9.03. The third-order valence-electron chi connectivity index (χ3n) is 2.45. The minimum Gasteiger partial charge on any atom is -0.324 e.